The van der Waals surface area contributed by atoms with Crippen LogP contribution in [0.4, 0.5) is 5.82 Å². The number of nitrogen functional groups attached to an aromatic ring is 1. The van der Waals surface area contributed by atoms with Gasteiger partial charge in [-0.15, -0.1) is 0 Å². The Morgan fingerprint density at radius 2 is 1.79 bits per heavy atom. The fourth-order valence-electron chi connectivity index (χ4n) is 2.68. The second kappa shape index (κ2) is 8.49. The second-order valence-corrected chi connectivity index (χ2v) is 6.53. The minimum atomic E-state index is -1.16. The lowest BCUT2D eigenvalue weighted by Crippen LogP contribution is -2.25. The van der Waals surface area contributed by atoms with Gasteiger partial charge >= 0.3 is 5.97 Å². The van der Waals surface area contributed by atoms with Crippen LogP contribution in [0.2, 0.25) is 0 Å². The molecule has 0 fully saturated rings. The van der Waals surface area contributed by atoms with Gasteiger partial charge in [-0.05, 0) is 42.8 Å². The Labute approximate surface area is 168 Å². The highest BCUT2D eigenvalue weighted by Crippen LogP contribution is 2.21. The first-order chi connectivity index (χ1) is 13.4. The molecule has 0 amide bonds. The highest BCUT2D eigenvalue weighted by molar-refractivity contribution is 7.80. The predicted octanol–water partition coefficient (Wildman–Crippen LogP) is 3.93. The highest BCUT2D eigenvalue weighted by Gasteiger charge is 2.19. The Kier molecular flexibility index (Phi) is 5.86. The summed E-state index contributed by atoms with van der Waals surface area (Å²) in [6, 6.07) is 18.7. The van der Waals surface area contributed by atoms with Crippen LogP contribution in [0.1, 0.15) is 27.2 Å². The van der Waals surface area contributed by atoms with Gasteiger partial charge in [-0.1, -0.05) is 42.5 Å². The largest absolute Gasteiger partial charge is 0.478 e. The third kappa shape index (κ3) is 4.63. The molecule has 0 aliphatic rings. The van der Waals surface area contributed by atoms with Crippen molar-refractivity contribution in [1.82, 2.24) is 10.3 Å². The number of hydrogen-bond donors (Lipinski definition) is 3. The van der Waals surface area contributed by atoms with Crippen molar-refractivity contribution in [3.05, 3.63) is 83.0 Å². The van der Waals surface area contributed by atoms with Crippen LogP contribution < -0.4 is 15.8 Å². The predicted molar refractivity (Wildman–Crippen MR) is 112 cm³/mol. The number of carboxylic acids is 1. The third-order valence-electron chi connectivity index (χ3n) is 3.99. The topological polar surface area (TPSA) is 97.5 Å². The lowest BCUT2D eigenvalue weighted by Gasteiger charge is -2.13. The summed E-state index contributed by atoms with van der Waals surface area (Å²) in [4.78, 5) is 15.8. The minimum Gasteiger partial charge on any atom is -0.478 e. The van der Waals surface area contributed by atoms with E-state index < -0.39 is 5.97 Å². The maximum atomic E-state index is 11.5. The maximum absolute atomic E-state index is 11.5. The van der Waals surface area contributed by atoms with Gasteiger partial charge in [0.05, 0.1) is 0 Å². The molecule has 1 aromatic heterocycles. The smallest absolute Gasteiger partial charge is 0.340 e. The van der Waals surface area contributed by atoms with Crippen LogP contribution in [0, 0.1) is 6.92 Å². The van der Waals surface area contributed by atoms with E-state index in [9.17, 15) is 9.90 Å². The molecule has 1 heterocycles. The van der Waals surface area contributed by atoms with E-state index in [4.69, 9.17) is 22.7 Å². The molecule has 0 spiro atoms. The monoisotopic (exact) mass is 393 g/mol. The van der Waals surface area contributed by atoms with Gasteiger partial charge in [0.2, 0.25) is 0 Å². The van der Waals surface area contributed by atoms with Gasteiger partial charge in [-0.25, -0.2) is 9.78 Å². The second-order valence-electron chi connectivity index (χ2n) is 6.12. The average Bonchev–Trinajstić information content (AvgIpc) is 2.67. The summed E-state index contributed by atoms with van der Waals surface area (Å²) < 4.78 is 5.76. The van der Waals surface area contributed by atoms with Crippen molar-refractivity contribution in [1.29, 1.82) is 0 Å². The summed E-state index contributed by atoms with van der Waals surface area (Å²) in [6.07, 6.45) is 0. The number of thiocarbonyl (C=S) groups is 1. The van der Waals surface area contributed by atoms with E-state index in [2.05, 4.69) is 10.3 Å². The molecule has 2 aromatic carbocycles. The van der Waals surface area contributed by atoms with E-state index in [1.807, 2.05) is 54.6 Å². The number of benzene rings is 2. The number of rotatable bonds is 6. The van der Waals surface area contributed by atoms with Crippen molar-refractivity contribution < 1.29 is 14.6 Å². The number of nitrogens with two attached hydrogens (primary N) is 1. The Hall–Kier alpha value is -3.45. The van der Waals surface area contributed by atoms with Crippen molar-refractivity contribution in [2.75, 3.05) is 5.73 Å². The van der Waals surface area contributed by atoms with Crippen LogP contribution in [0.5, 0.6) is 11.5 Å². The van der Waals surface area contributed by atoms with E-state index in [-0.39, 0.29) is 11.4 Å². The summed E-state index contributed by atoms with van der Waals surface area (Å²) >= 11 is 5.38. The maximum Gasteiger partial charge on any atom is 0.340 e. The van der Waals surface area contributed by atoms with Crippen LogP contribution in [0.25, 0.3) is 0 Å². The van der Waals surface area contributed by atoms with E-state index in [0.29, 0.717) is 22.8 Å². The SMILES string of the molecule is Cc1cc(C(=S)NCc2ccc(Oc3ccccc3)cc2)c(C(=O)O)c(N)n1. The molecule has 4 N–H and O–H groups in total. The van der Waals surface area contributed by atoms with Gasteiger partial charge < -0.3 is 20.9 Å². The van der Waals surface area contributed by atoms with E-state index in [0.717, 1.165) is 17.1 Å². The van der Waals surface area contributed by atoms with Crippen LogP contribution >= 0.6 is 12.2 Å². The zero-order valence-corrected chi connectivity index (χ0v) is 16.0. The Bertz CT molecular complexity index is 1010. The van der Waals surface area contributed by atoms with Crippen molar-refractivity contribution in [2.45, 2.75) is 13.5 Å². The standard InChI is InChI=1S/C21H19N3O3S/c1-13-11-17(18(21(25)26)19(22)24-13)20(28)23-12-14-7-9-16(10-8-14)27-15-5-3-2-4-6-15/h2-11H,12H2,1H3,(H2,22,24)(H,23,28)(H,25,26). The number of carbonyl (C=O) groups is 1. The van der Waals surface area contributed by atoms with Crippen molar-refractivity contribution >= 4 is 29.0 Å². The first-order valence-corrected chi connectivity index (χ1v) is 8.95. The summed E-state index contributed by atoms with van der Waals surface area (Å²) in [5.74, 6) is 0.283. The zero-order chi connectivity index (χ0) is 20.1. The fourth-order valence-corrected chi connectivity index (χ4v) is 2.91. The van der Waals surface area contributed by atoms with Gasteiger partial charge in [0.25, 0.3) is 0 Å². The van der Waals surface area contributed by atoms with Crippen LogP contribution in [-0.2, 0) is 6.54 Å². The summed E-state index contributed by atoms with van der Waals surface area (Å²) in [5, 5.41) is 12.5. The summed E-state index contributed by atoms with van der Waals surface area (Å²) in [6.45, 7) is 2.17. The lowest BCUT2D eigenvalue weighted by molar-refractivity contribution is 0.0697. The molecular weight excluding hydrogens is 374 g/mol. The van der Waals surface area contributed by atoms with Crippen molar-refractivity contribution in [2.24, 2.45) is 0 Å². The van der Waals surface area contributed by atoms with Gasteiger partial charge in [0.15, 0.2) is 0 Å². The first kappa shape index (κ1) is 19.3. The first-order valence-electron chi connectivity index (χ1n) is 8.54. The number of hydrogen-bond acceptors (Lipinski definition) is 5. The molecule has 0 saturated heterocycles. The number of aryl methyl sites for hydroxylation is 1. The molecule has 7 heteroatoms. The number of nitrogens with one attached hydrogen (secondary N) is 1. The molecule has 0 aliphatic carbocycles. The molecule has 0 saturated carbocycles. The molecule has 3 aromatic rings. The molecule has 0 radical (unpaired) electrons. The van der Waals surface area contributed by atoms with E-state index in [1.54, 1.807) is 13.0 Å². The minimum absolute atomic E-state index is 0.0472. The number of pyridine rings is 1. The normalized spacial score (nSPS) is 10.3. The zero-order valence-electron chi connectivity index (χ0n) is 15.2. The third-order valence-corrected chi connectivity index (χ3v) is 4.35. The highest BCUT2D eigenvalue weighted by atomic mass is 32.1. The summed E-state index contributed by atoms with van der Waals surface area (Å²) in [7, 11) is 0. The van der Waals surface area contributed by atoms with Gasteiger partial charge in [-0.3, -0.25) is 0 Å². The number of para-hydroxylation sites is 1. The summed E-state index contributed by atoms with van der Waals surface area (Å²) in [5.41, 5.74) is 7.60. The number of carboxylic acid groups (broad SMARTS) is 1. The van der Waals surface area contributed by atoms with Crippen molar-refractivity contribution in [3.63, 3.8) is 0 Å². The molecule has 0 atom stereocenters. The Morgan fingerprint density at radius 1 is 1.14 bits per heavy atom. The molecule has 0 unspecified atom stereocenters. The molecule has 3 rings (SSSR count). The van der Waals surface area contributed by atoms with Gasteiger partial charge in [0.1, 0.15) is 27.9 Å². The number of ether oxygens (including phenoxy) is 1. The molecular formula is C21H19N3O3S. The Morgan fingerprint density at radius 3 is 2.43 bits per heavy atom. The Balaban J connectivity index is 1.67. The van der Waals surface area contributed by atoms with Crippen LogP contribution in [0.3, 0.4) is 0 Å². The lowest BCUT2D eigenvalue weighted by atomic mass is 10.1. The molecule has 0 bridgehead atoms. The van der Waals surface area contributed by atoms with E-state index in [1.165, 1.54) is 0 Å². The molecule has 6 nitrogen and oxygen atoms in total. The molecule has 28 heavy (non-hydrogen) atoms. The van der Waals surface area contributed by atoms with Crippen LogP contribution in [-0.4, -0.2) is 21.0 Å². The number of aromatic nitrogens is 1. The van der Waals surface area contributed by atoms with Crippen molar-refractivity contribution in [3.8, 4) is 11.5 Å². The number of nitrogens with zero attached hydrogens (tertiary/aromatic N) is 1. The van der Waals surface area contributed by atoms with Crippen LogP contribution in [0.15, 0.2) is 60.7 Å². The van der Waals surface area contributed by atoms with Gasteiger partial charge in [0, 0.05) is 17.8 Å². The van der Waals surface area contributed by atoms with E-state index >= 15 is 0 Å². The number of anilines is 1. The fraction of sp³-hybridized carbons (Fsp3) is 0.0952. The average molecular weight is 393 g/mol. The number of aromatic carboxylic acids is 1. The quantitative estimate of drug-likeness (QED) is 0.546. The van der Waals surface area contributed by atoms with Gasteiger partial charge in [-0.2, -0.15) is 0 Å². The molecule has 142 valence electrons. The molecule has 0 aliphatic heterocycles.